The molecule has 17 heavy (non-hydrogen) atoms. The van der Waals surface area contributed by atoms with Crippen LogP contribution in [0.5, 0.6) is 0 Å². The SMILES string of the molecule is O=C(O)N(C(=O)O)c1cccc2ccccc12. The van der Waals surface area contributed by atoms with E-state index in [2.05, 4.69) is 0 Å². The van der Waals surface area contributed by atoms with Crippen molar-refractivity contribution >= 4 is 28.6 Å². The normalized spacial score (nSPS) is 10.1. The second-order valence-electron chi connectivity index (χ2n) is 3.40. The number of nitrogens with zero attached hydrogens (tertiary/aromatic N) is 1. The number of hydrogen-bond donors (Lipinski definition) is 2. The van der Waals surface area contributed by atoms with Crippen LogP contribution in [-0.4, -0.2) is 22.4 Å². The van der Waals surface area contributed by atoms with Gasteiger partial charge < -0.3 is 10.2 Å². The van der Waals surface area contributed by atoms with E-state index in [9.17, 15) is 9.59 Å². The number of carbonyl (C=O) groups is 2. The number of anilines is 1. The maximum atomic E-state index is 10.9. The van der Waals surface area contributed by atoms with Crippen molar-refractivity contribution in [1.82, 2.24) is 0 Å². The minimum absolute atomic E-state index is 0.142. The molecular formula is C12H9NO4. The highest BCUT2D eigenvalue weighted by Crippen LogP contribution is 2.26. The summed E-state index contributed by atoms with van der Waals surface area (Å²) in [6.45, 7) is 0. The molecule has 0 bridgehead atoms. The molecule has 0 atom stereocenters. The van der Waals surface area contributed by atoms with Crippen molar-refractivity contribution in [3.63, 3.8) is 0 Å². The molecular weight excluding hydrogens is 222 g/mol. The van der Waals surface area contributed by atoms with E-state index in [1.165, 1.54) is 6.07 Å². The van der Waals surface area contributed by atoms with Crippen molar-refractivity contribution in [2.75, 3.05) is 4.90 Å². The van der Waals surface area contributed by atoms with Crippen LogP contribution in [0.15, 0.2) is 42.5 Å². The van der Waals surface area contributed by atoms with Crippen LogP contribution in [0.2, 0.25) is 0 Å². The van der Waals surface area contributed by atoms with E-state index < -0.39 is 12.2 Å². The smallest absolute Gasteiger partial charge is 0.421 e. The Morgan fingerprint density at radius 2 is 1.47 bits per heavy atom. The van der Waals surface area contributed by atoms with Crippen molar-refractivity contribution in [3.8, 4) is 0 Å². The van der Waals surface area contributed by atoms with Gasteiger partial charge in [-0.3, -0.25) is 0 Å². The molecule has 0 unspecified atom stereocenters. The highest BCUT2D eigenvalue weighted by Gasteiger charge is 2.23. The van der Waals surface area contributed by atoms with Gasteiger partial charge in [0, 0.05) is 5.39 Å². The van der Waals surface area contributed by atoms with Crippen LogP contribution in [0.1, 0.15) is 0 Å². The zero-order valence-electron chi connectivity index (χ0n) is 8.70. The summed E-state index contributed by atoms with van der Waals surface area (Å²) in [6, 6.07) is 11.9. The molecule has 0 saturated heterocycles. The minimum Gasteiger partial charge on any atom is -0.464 e. The van der Waals surface area contributed by atoms with E-state index in [4.69, 9.17) is 10.2 Å². The lowest BCUT2D eigenvalue weighted by Crippen LogP contribution is -2.34. The standard InChI is InChI=1S/C12H9NO4/c14-11(15)13(12(16)17)10-7-3-5-8-4-1-2-6-9(8)10/h1-7H,(H,14,15)(H,16,17). The monoisotopic (exact) mass is 231 g/mol. The summed E-state index contributed by atoms with van der Waals surface area (Å²) in [5.74, 6) is 0. The molecule has 2 rings (SSSR count). The number of carboxylic acid groups (broad SMARTS) is 2. The Balaban J connectivity index is 2.69. The quantitative estimate of drug-likeness (QED) is 0.790. The van der Waals surface area contributed by atoms with E-state index in [0.717, 1.165) is 5.39 Å². The molecule has 2 amide bonds. The highest BCUT2D eigenvalue weighted by atomic mass is 16.4. The van der Waals surface area contributed by atoms with Gasteiger partial charge in [0.25, 0.3) is 0 Å². The van der Waals surface area contributed by atoms with Gasteiger partial charge >= 0.3 is 12.2 Å². The summed E-state index contributed by atoms with van der Waals surface area (Å²) < 4.78 is 0. The maximum absolute atomic E-state index is 10.9. The third kappa shape index (κ3) is 1.90. The lowest BCUT2D eigenvalue weighted by atomic mass is 10.1. The molecule has 2 N–H and O–H groups in total. The lowest BCUT2D eigenvalue weighted by Gasteiger charge is -2.15. The molecule has 5 nitrogen and oxygen atoms in total. The molecule has 0 aliphatic carbocycles. The van der Waals surface area contributed by atoms with Crippen LogP contribution >= 0.6 is 0 Å². The van der Waals surface area contributed by atoms with Gasteiger partial charge in [0.1, 0.15) is 0 Å². The summed E-state index contributed by atoms with van der Waals surface area (Å²) in [7, 11) is 0. The fourth-order valence-corrected chi connectivity index (χ4v) is 1.69. The maximum Gasteiger partial charge on any atom is 0.421 e. The molecule has 0 saturated carbocycles. The van der Waals surface area contributed by atoms with Crippen LogP contribution in [-0.2, 0) is 0 Å². The van der Waals surface area contributed by atoms with Crippen molar-refractivity contribution in [1.29, 1.82) is 0 Å². The van der Waals surface area contributed by atoms with Crippen molar-refractivity contribution < 1.29 is 19.8 Å². The number of hydrogen-bond acceptors (Lipinski definition) is 2. The molecule has 2 aromatic carbocycles. The second-order valence-corrected chi connectivity index (χ2v) is 3.40. The topological polar surface area (TPSA) is 77.8 Å². The fourth-order valence-electron chi connectivity index (χ4n) is 1.69. The van der Waals surface area contributed by atoms with Crippen LogP contribution in [0.4, 0.5) is 15.3 Å². The van der Waals surface area contributed by atoms with Gasteiger partial charge in [-0.1, -0.05) is 36.4 Å². The van der Waals surface area contributed by atoms with Crippen LogP contribution in [0.25, 0.3) is 10.8 Å². The Kier molecular flexibility index (Phi) is 2.66. The number of fused-ring (bicyclic) bond motifs is 1. The van der Waals surface area contributed by atoms with Gasteiger partial charge in [-0.15, -0.1) is 0 Å². The van der Waals surface area contributed by atoms with Gasteiger partial charge in [0.05, 0.1) is 5.69 Å². The minimum atomic E-state index is -1.52. The van der Waals surface area contributed by atoms with Crippen molar-refractivity contribution in [2.24, 2.45) is 0 Å². The summed E-state index contributed by atoms with van der Waals surface area (Å²) >= 11 is 0. The first-order valence-electron chi connectivity index (χ1n) is 4.85. The van der Waals surface area contributed by atoms with E-state index in [-0.39, 0.29) is 5.69 Å². The average molecular weight is 231 g/mol. The first kappa shape index (κ1) is 10.9. The zero-order chi connectivity index (χ0) is 12.4. The number of benzene rings is 2. The Morgan fingerprint density at radius 3 is 2.12 bits per heavy atom. The number of imide groups is 1. The molecule has 0 radical (unpaired) electrons. The molecule has 2 aromatic rings. The van der Waals surface area contributed by atoms with E-state index in [1.807, 2.05) is 0 Å². The van der Waals surface area contributed by atoms with E-state index >= 15 is 0 Å². The van der Waals surface area contributed by atoms with Gasteiger partial charge in [0.2, 0.25) is 0 Å². The molecule has 0 aliphatic heterocycles. The van der Waals surface area contributed by atoms with Crippen LogP contribution in [0, 0.1) is 0 Å². The highest BCUT2D eigenvalue weighted by molar-refractivity contribution is 6.13. The first-order valence-corrected chi connectivity index (χ1v) is 4.85. The van der Waals surface area contributed by atoms with Gasteiger partial charge in [0.15, 0.2) is 0 Å². The molecule has 0 fully saturated rings. The summed E-state index contributed by atoms with van der Waals surface area (Å²) in [4.78, 5) is 22.2. The first-order chi connectivity index (χ1) is 8.11. The largest absolute Gasteiger partial charge is 0.464 e. The molecule has 86 valence electrons. The summed E-state index contributed by atoms with van der Waals surface area (Å²) in [5.41, 5.74) is 0.142. The predicted molar refractivity (Wildman–Crippen MR) is 62.5 cm³/mol. The number of rotatable bonds is 1. The third-order valence-electron chi connectivity index (χ3n) is 2.39. The Labute approximate surface area is 96.5 Å². The van der Waals surface area contributed by atoms with Crippen LogP contribution in [0.3, 0.4) is 0 Å². The van der Waals surface area contributed by atoms with Crippen molar-refractivity contribution in [2.45, 2.75) is 0 Å². The molecule has 0 aromatic heterocycles. The molecule has 0 spiro atoms. The van der Waals surface area contributed by atoms with E-state index in [0.29, 0.717) is 10.3 Å². The van der Waals surface area contributed by atoms with Gasteiger partial charge in [-0.2, -0.15) is 4.90 Å². The van der Waals surface area contributed by atoms with Crippen molar-refractivity contribution in [3.05, 3.63) is 42.5 Å². The lowest BCUT2D eigenvalue weighted by molar-refractivity contribution is 0.184. The molecule has 5 heteroatoms. The van der Waals surface area contributed by atoms with Crippen LogP contribution < -0.4 is 4.90 Å². The summed E-state index contributed by atoms with van der Waals surface area (Å²) in [6.07, 6.45) is -3.04. The fraction of sp³-hybridized carbons (Fsp3) is 0. The Hall–Kier alpha value is -2.56. The van der Waals surface area contributed by atoms with E-state index in [1.54, 1.807) is 36.4 Å². The second kappa shape index (κ2) is 4.13. The predicted octanol–water partition coefficient (Wildman–Crippen LogP) is 3.00. The molecule has 0 heterocycles. The Morgan fingerprint density at radius 1 is 0.882 bits per heavy atom. The average Bonchev–Trinajstić information content (AvgIpc) is 2.28. The summed E-state index contributed by atoms with van der Waals surface area (Å²) in [5, 5.41) is 19.2. The Bertz CT molecular complexity index is 575. The third-order valence-corrected chi connectivity index (χ3v) is 2.39. The molecule has 0 aliphatic rings. The van der Waals surface area contributed by atoms with Gasteiger partial charge in [-0.05, 0) is 11.5 Å². The van der Waals surface area contributed by atoms with Gasteiger partial charge in [-0.25, -0.2) is 9.59 Å². The zero-order valence-corrected chi connectivity index (χ0v) is 8.70. The number of amides is 2.